The van der Waals surface area contributed by atoms with E-state index in [0.717, 1.165) is 81.8 Å². The predicted molar refractivity (Wildman–Crippen MR) is 250 cm³/mol. The summed E-state index contributed by atoms with van der Waals surface area (Å²) in [5.74, 6) is 2.82. The number of nitrogens with zero attached hydrogens (tertiary/aromatic N) is 7. The Kier molecular flexibility index (Phi) is 20.8. The van der Waals surface area contributed by atoms with Crippen LogP contribution in [0.3, 0.4) is 0 Å². The van der Waals surface area contributed by atoms with Crippen molar-refractivity contribution in [2.24, 2.45) is 0 Å². The number of hydrogen-bond acceptors (Lipinski definition) is 7. The van der Waals surface area contributed by atoms with Gasteiger partial charge >= 0.3 is 0 Å². The van der Waals surface area contributed by atoms with Crippen molar-refractivity contribution >= 4 is 0 Å². The lowest BCUT2D eigenvalue weighted by Crippen LogP contribution is -2.22. The molecular weight excluding hydrogens is 759 g/mol. The second kappa shape index (κ2) is 25.4. The van der Waals surface area contributed by atoms with Crippen LogP contribution in [0.5, 0.6) is 17.2 Å². The maximum absolute atomic E-state index is 5.82. The minimum atomic E-state index is -0.140. The Morgan fingerprint density at radius 1 is 0.426 bits per heavy atom. The van der Waals surface area contributed by atoms with Crippen LogP contribution in [0.2, 0.25) is 0 Å². The van der Waals surface area contributed by atoms with Crippen LogP contribution in [0, 0.1) is 0 Å². The molecule has 10 nitrogen and oxygen atoms in total. The van der Waals surface area contributed by atoms with Gasteiger partial charge in [-0.2, -0.15) is 15.3 Å². The Labute approximate surface area is 367 Å². The van der Waals surface area contributed by atoms with Crippen molar-refractivity contribution in [3.63, 3.8) is 0 Å². The largest absolute Gasteiger partial charge is 0.488 e. The van der Waals surface area contributed by atoms with Gasteiger partial charge in [0.05, 0.1) is 0 Å². The minimum Gasteiger partial charge on any atom is -0.488 e. The zero-order chi connectivity index (χ0) is 43.3. The van der Waals surface area contributed by atoms with Gasteiger partial charge in [-0.1, -0.05) is 43.8 Å². The van der Waals surface area contributed by atoms with Crippen LogP contribution in [-0.2, 0) is 38.9 Å². The van der Waals surface area contributed by atoms with E-state index in [4.69, 9.17) is 14.2 Å². The summed E-state index contributed by atoms with van der Waals surface area (Å²) in [6, 6.07) is 29.2. The molecule has 0 aliphatic rings. The molecular formula is C51H75N7O3. The molecule has 0 saturated heterocycles. The molecule has 0 aliphatic carbocycles. The molecule has 0 saturated carbocycles. The first-order chi connectivity index (χ1) is 28.6. The van der Waals surface area contributed by atoms with Crippen LogP contribution in [0.1, 0.15) is 125 Å². The average Bonchev–Trinajstić information content (AvgIpc) is 4.00. The highest BCUT2D eigenvalue weighted by molar-refractivity contribution is 5.29. The van der Waals surface area contributed by atoms with Crippen molar-refractivity contribution in [1.29, 1.82) is 0 Å². The quantitative estimate of drug-likeness (QED) is 0.0796. The third-order valence-corrected chi connectivity index (χ3v) is 8.94. The SMILES string of the molecule is C.CC(C)(C)Oc1ccc(CCCCn2cccn2)cc1.CC(C)(C)Oc1ccc(CCCCn2cccn2)cc1.CC(C)(C)Oc1ccc(CCCCn2cncn2)cc1. The number of ether oxygens (including phenoxy) is 3. The number of hydrogen-bond donors (Lipinski definition) is 0. The zero-order valence-electron chi connectivity index (χ0n) is 37.9. The monoisotopic (exact) mass is 834 g/mol. The number of aryl methyl sites for hydroxylation is 6. The number of rotatable bonds is 18. The maximum atomic E-state index is 5.82. The average molecular weight is 834 g/mol. The summed E-state index contributed by atoms with van der Waals surface area (Å²) in [5, 5.41) is 12.5. The van der Waals surface area contributed by atoms with Crippen molar-refractivity contribution in [2.45, 2.75) is 164 Å². The molecule has 0 amide bonds. The molecule has 0 bridgehead atoms. The fourth-order valence-electron chi connectivity index (χ4n) is 6.26. The predicted octanol–water partition coefficient (Wildman–Crippen LogP) is 12.3. The number of benzene rings is 3. The van der Waals surface area contributed by atoms with E-state index < -0.39 is 0 Å². The summed E-state index contributed by atoms with van der Waals surface area (Å²) in [6.45, 7) is 21.5. The van der Waals surface area contributed by atoms with E-state index >= 15 is 0 Å². The third-order valence-electron chi connectivity index (χ3n) is 8.94. The maximum Gasteiger partial charge on any atom is 0.137 e. The normalized spacial score (nSPS) is 11.4. The summed E-state index contributed by atoms with van der Waals surface area (Å²) >= 11 is 0. The summed E-state index contributed by atoms with van der Waals surface area (Å²) in [5.41, 5.74) is 3.68. The van der Waals surface area contributed by atoms with E-state index in [9.17, 15) is 0 Å². The summed E-state index contributed by atoms with van der Waals surface area (Å²) < 4.78 is 23.3. The van der Waals surface area contributed by atoms with Crippen LogP contribution in [-0.4, -0.2) is 51.1 Å². The second-order valence-electron chi connectivity index (χ2n) is 18.1. The lowest BCUT2D eigenvalue weighted by atomic mass is 10.1. The molecule has 0 N–H and O–H groups in total. The van der Waals surface area contributed by atoms with E-state index in [1.54, 1.807) is 12.7 Å². The highest BCUT2D eigenvalue weighted by atomic mass is 16.5. The topological polar surface area (TPSA) is 94.0 Å². The third kappa shape index (κ3) is 22.7. The van der Waals surface area contributed by atoms with Crippen molar-refractivity contribution < 1.29 is 14.2 Å². The number of unbranched alkanes of at least 4 members (excludes halogenated alkanes) is 3. The van der Waals surface area contributed by atoms with E-state index in [2.05, 4.69) is 155 Å². The molecule has 10 heteroatoms. The molecule has 3 aromatic carbocycles. The van der Waals surface area contributed by atoms with Gasteiger partial charge in [-0.15, -0.1) is 0 Å². The Morgan fingerprint density at radius 2 is 0.754 bits per heavy atom. The molecule has 0 spiro atoms. The minimum absolute atomic E-state index is 0. The Bertz CT molecular complexity index is 1720. The first kappa shape index (κ1) is 50.0. The molecule has 3 heterocycles. The highest BCUT2D eigenvalue weighted by Gasteiger charge is 2.13. The molecule has 0 fully saturated rings. The first-order valence-electron chi connectivity index (χ1n) is 21.7. The zero-order valence-corrected chi connectivity index (χ0v) is 37.9. The van der Waals surface area contributed by atoms with Gasteiger partial charge in [0, 0.05) is 44.4 Å². The molecule has 3 aromatic heterocycles. The molecule has 61 heavy (non-hydrogen) atoms. The first-order valence-corrected chi connectivity index (χ1v) is 21.7. The van der Waals surface area contributed by atoms with Gasteiger partial charge in [0.1, 0.15) is 46.7 Å². The summed E-state index contributed by atoms with van der Waals surface area (Å²) in [6.07, 6.45) is 21.3. The van der Waals surface area contributed by atoms with Gasteiger partial charge in [0.15, 0.2) is 0 Å². The van der Waals surface area contributed by atoms with Gasteiger partial charge in [-0.25, -0.2) is 4.98 Å². The van der Waals surface area contributed by atoms with Crippen molar-refractivity contribution in [3.8, 4) is 17.2 Å². The van der Waals surface area contributed by atoms with Crippen molar-refractivity contribution in [3.05, 3.63) is 139 Å². The Balaban J connectivity index is 0.000000242. The standard InChI is InChI=1S/2C17H24N2O.C16H23N3O.CH4/c2*1-17(2,3)20-16-10-8-15(9-11-16)7-4-5-13-19-14-6-12-18-19;1-16(2,3)20-15-9-7-14(8-10-15)6-4-5-11-19-13-17-12-18-19;/h2*6,8-12,14H,4-5,7,13H2,1-3H3;7-10,12-13H,4-6,11H2,1-3H3;1H4. The molecule has 332 valence electrons. The fraction of sp³-hybridized carbons (Fsp3) is 0.490. The molecule has 6 aromatic rings. The van der Waals surface area contributed by atoms with E-state index in [0.29, 0.717) is 0 Å². The molecule has 0 aliphatic heterocycles. The lowest BCUT2D eigenvalue weighted by Gasteiger charge is -2.21. The highest BCUT2D eigenvalue weighted by Crippen LogP contribution is 2.22. The Morgan fingerprint density at radius 3 is 1.02 bits per heavy atom. The molecule has 0 unspecified atom stereocenters. The van der Waals surface area contributed by atoms with Crippen LogP contribution in [0.4, 0.5) is 0 Å². The van der Waals surface area contributed by atoms with E-state index in [-0.39, 0.29) is 24.2 Å². The molecule has 0 atom stereocenters. The molecule has 0 radical (unpaired) electrons. The Hall–Kier alpha value is -5.38. The lowest BCUT2D eigenvalue weighted by molar-refractivity contribution is 0.130. The molecule has 6 rings (SSSR count). The second-order valence-corrected chi connectivity index (χ2v) is 18.1. The van der Waals surface area contributed by atoms with Gasteiger partial charge in [-0.05, 0) is 185 Å². The smallest absolute Gasteiger partial charge is 0.137 e. The van der Waals surface area contributed by atoms with Crippen LogP contribution < -0.4 is 14.2 Å². The number of aromatic nitrogens is 7. The van der Waals surface area contributed by atoms with Crippen LogP contribution in [0.25, 0.3) is 0 Å². The van der Waals surface area contributed by atoms with Crippen molar-refractivity contribution in [1.82, 2.24) is 34.3 Å². The van der Waals surface area contributed by atoms with E-state index in [1.807, 2.05) is 51.0 Å². The van der Waals surface area contributed by atoms with Gasteiger partial charge in [0.25, 0.3) is 0 Å². The van der Waals surface area contributed by atoms with Gasteiger partial charge in [0.2, 0.25) is 0 Å². The van der Waals surface area contributed by atoms with E-state index in [1.165, 1.54) is 29.5 Å². The summed E-state index contributed by atoms with van der Waals surface area (Å²) in [4.78, 5) is 3.94. The fourth-order valence-corrected chi connectivity index (χ4v) is 6.26. The van der Waals surface area contributed by atoms with Gasteiger partial charge < -0.3 is 14.2 Å². The van der Waals surface area contributed by atoms with Crippen LogP contribution >= 0.6 is 0 Å². The van der Waals surface area contributed by atoms with Gasteiger partial charge in [-0.3, -0.25) is 14.0 Å². The van der Waals surface area contributed by atoms with Crippen molar-refractivity contribution in [2.75, 3.05) is 0 Å². The summed E-state index contributed by atoms with van der Waals surface area (Å²) in [7, 11) is 0. The van der Waals surface area contributed by atoms with Crippen LogP contribution in [0.15, 0.2) is 122 Å².